The van der Waals surface area contributed by atoms with Crippen LogP contribution >= 0.6 is 11.3 Å². The Kier molecular flexibility index (Phi) is 3.58. The summed E-state index contributed by atoms with van der Waals surface area (Å²) in [5.74, 6) is 0. The molecule has 0 saturated carbocycles. The van der Waals surface area contributed by atoms with Gasteiger partial charge in [-0.3, -0.25) is 0 Å². The first kappa shape index (κ1) is 13.0. The Bertz CT molecular complexity index is 707. The van der Waals surface area contributed by atoms with Gasteiger partial charge in [-0.05, 0) is 18.6 Å². The van der Waals surface area contributed by atoms with Crippen LogP contribution in [0.3, 0.4) is 0 Å². The Morgan fingerprint density at radius 1 is 1.00 bits per heavy atom. The molecule has 0 bridgehead atoms. The minimum absolute atomic E-state index is 0.216. The molecule has 1 aromatic heterocycles. The van der Waals surface area contributed by atoms with Crippen molar-refractivity contribution in [3.05, 3.63) is 70.7 Å². The van der Waals surface area contributed by atoms with Crippen molar-refractivity contribution in [1.82, 2.24) is 10.2 Å². The van der Waals surface area contributed by atoms with Crippen LogP contribution in [-0.4, -0.2) is 10.2 Å². The van der Waals surface area contributed by atoms with Crippen LogP contribution in [0.5, 0.6) is 0 Å². The van der Waals surface area contributed by atoms with Gasteiger partial charge < -0.3 is 5.73 Å². The molecular weight excluding hydrogens is 266 g/mol. The highest BCUT2D eigenvalue weighted by Gasteiger charge is 2.15. The smallest absolute Gasteiger partial charge is 0.147 e. The molecule has 100 valence electrons. The molecule has 0 saturated heterocycles. The fourth-order valence-electron chi connectivity index (χ4n) is 2.06. The van der Waals surface area contributed by atoms with E-state index in [4.69, 9.17) is 5.73 Å². The molecule has 0 radical (unpaired) electrons. The van der Waals surface area contributed by atoms with E-state index in [0.717, 1.165) is 21.1 Å². The van der Waals surface area contributed by atoms with Gasteiger partial charge in [0.25, 0.3) is 0 Å². The van der Waals surface area contributed by atoms with Crippen molar-refractivity contribution >= 4 is 11.3 Å². The molecule has 2 aromatic carbocycles. The fraction of sp³-hybridized carbons (Fsp3) is 0.125. The van der Waals surface area contributed by atoms with E-state index in [1.165, 1.54) is 5.56 Å². The van der Waals surface area contributed by atoms with Crippen molar-refractivity contribution in [3.63, 3.8) is 0 Å². The fourth-order valence-corrected chi connectivity index (χ4v) is 2.93. The molecular formula is C16H15N3S. The number of nitrogens with zero attached hydrogens (tertiary/aromatic N) is 2. The summed E-state index contributed by atoms with van der Waals surface area (Å²) in [6.07, 6.45) is 0. The molecule has 0 spiro atoms. The number of rotatable bonds is 3. The van der Waals surface area contributed by atoms with Crippen molar-refractivity contribution in [1.29, 1.82) is 0 Å². The highest BCUT2D eigenvalue weighted by Crippen LogP contribution is 2.28. The Labute approximate surface area is 122 Å². The molecule has 3 nitrogen and oxygen atoms in total. The van der Waals surface area contributed by atoms with Crippen molar-refractivity contribution in [3.8, 4) is 10.6 Å². The number of aryl methyl sites for hydroxylation is 1. The molecule has 4 heteroatoms. The summed E-state index contributed by atoms with van der Waals surface area (Å²) >= 11 is 1.55. The maximum Gasteiger partial charge on any atom is 0.147 e. The van der Waals surface area contributed by atoms with E-state index in [9.17, 15) is 0 Å². The molecule has 1 heterocycles. The second-order valence-corrected chi connectivity index (χ2v) is 5.71. The van der Waals surface area contributed by atoms with Crippen LogP contribution in [0, 0.1) is 6.92 Å². The average Bonchev–Trinajstić information content (AvgIpc) is 2.97. The van der Waals surface area contributed by atoms with Crippen molar-refractivity contribution in [2.24, 2.45) is 5.73 Å². The predicted molar refractivity (Wildman–Crippen MR) is 82.6 cm³/mol. The maximum absolute atomic E-state index is 6.25. The van der Waals surface area contributed by atoms with E-state index in [1.807, 2.05) is 42.5 Å². The molecule has 2 N–H and O–H groups in total. The Hall–Kier alpha value is -2.04. The second-order valence-electron chi connectivity index (χ2n) is 4.70. The van der Waals surface area contributed by atoms with E-state index >= 15 is 0 Å². The van der Waals surface area contributed by atoms with Gasteiger partial charge in [-0.25, -0.2) is 0 Å². The summed E-state index contributed by atoms with van der Waals surface area (Å²) < 4.78 is 0. The summed E-state index contributed by atoms with van der Waals surface area (Å²) in [7, 11) is 0. The quantitative estimate of drug-likeness (QED) is 0.798. The molecule has 3 rings (SSSR count). The average molecular weight is 281 g/mol. The Balaban J connectivity index is 1.91. The van der Waals surface area contributed by atoms with Gasteiger partial charge in [-0.2, -0.15) is 0 Å². The third kappa shape index (κ3) is 2.61. The number of hydrogen-bond acceptors (Lipinski definition) is 4. The molecule has 1 unspecified atom stereocenters. The predicted octanol–water partition coefficient (Wildman–Crippen LogP) is 3.56. The molecule has 0 fully saturated rings. The normalized spacial score (nSPS) is 12.3. The number of benzene rings is 2. The molecule has 0 aliphatic heterocycles. The zero-order valence-electron chi connectivity index (χ0n) is 11.2. The third-order valence-corrected chi connectivity index (χ3v) is 4.19. The summed E-state index contributed by atoms with van der Waals surface area (Å²) in [5, 5.41) is 10.3. The number of aromatic nitrogens is 2. The van der Waals surface area contributed by atoms with Gasteiger partial charge >= 0.3 is 0 Å². The van der Waals surface area contributed by atoms with Crippen molar-refractivity contribution in [2.75, 3.05) is 0 Å². The van der Waals surface area contributed by atoms with Crippen molar-refractivity contribution < 1.29 is 0 Å². The van der Waals surface area contributed by atoms with Crippen LogP contribution in [0.4, 0.5) is 0 Å². The first-order valence-corrected chi connectivity index (χ1v) is 7.26. The number of nitrogens with two attached hydrogens (primary N) is 1. The second kappa shape index (κ2) is 5.53. The molecule has 3 aromatic rings. The maximum atomic E-state index is 6.25. The minimum Gasteiger partial charge on any atom is -0.318 e. The monoisotopic (exact) mass is 281 g/mol. The van der Waals surface area contributed by atoms with Crippen LogP contribution in [0.15, 0.2) is 54.6 Å². The van der Waals surface area contributed by atoms with E-state index in [0.29, 0.717) is 0 Å². The first-order chi connectivity index (χ1) is 9.74. The van der Waals surface area contributed by atoms with Gasteiger partial charge in [0.15, 0.2) is 0 Å². The summed E-state index contributed by atoms with van der Waals surface area (Å²) in [5.41, 5.74) is 9.61. The van der Waals surface area contributed by atoms with E-state index < -0.39 is 0 Å². The SMILES string of the molecule is Cc1cccc(-c2nnc(C(N)c3ccccc3)s2)c1. The van der Waals surface area contributed by atoms with Gasteiger partial charge in [0, 0.05) is 5.56 Å². The summed E-state index contributed by atoms with van der Waals surface area (Å²) in [6.45, 7) is 2.07. The van der Waals surface area contributed by atoms with Crippen LogP contribution in [0.25, 0.3) is 10.6 Å². The zero-order chi connectivity index (χ0) is 13.9. The van der Waals surface area contributed by atoms with Crippen LogP contribution in [-0.2, 0) is 0 Å². The van der Waals surface area contributed by atoms with Crippen LogP contribution in [0.1, 0.15) is 22.2 Å². The third-order valence-electron chi connectivity index (χ3n) is 3.13. The van der Waals surface area contributed by atoms with Gasteiger partial charge in [0.1, 0.15) is 10.0 Å². The lowest BCUT2D eigenvalue weighted by Crippen LogP contribution is -2.11. The largest absolute Gasteiger partial charge is 0.318 e. The van der Waals surface area contributed by atoms with E-state index in [-0.39, 0.29) is 6.04 Å². The Morgan fingerprint density at radius 2 is 1.80 bits per heavy atom. The molecule has 0 amide bonds. The molecule has 20 heavy (non-hydrogen) atoms. The van der Waals surface area contributed by atoms with Crippen molar-refractivity contribution in [2.45, 2.75) is 13.0 Å². The lowest BCUT2D eigenvalue weighted by Gasteiger charge is -2.06. The van der Waals surface area contributed by atoms with Crippen LogP contribution < -0.4 is 5.73 Å². The summed E-state index contributed by atoms with van der Waals surface area (Å²) in [4.78, 5) is 0. The Morgan fingerprint density at radius 3 is 2.55 bits per heavy atom. The van der Waals surface area contributed by atoms with Crippen LogP contribution in [0.2, 0.25) is 0 Å². The van der Waals surface area contributed by atoms with E-state index in [1.54, 1.807) is 11.3 Å². The van der Waals surface area contributed by atoms with E-state index in [2.05, 4.69) is 29.3 Å². The highest BCUT2D eigenvalue weighted by molar-refractivity contribution is 7.14. The minimum atomic E-state index is -0.216. The lowest BCUT2D eigenvalue weighted by molar-refractivity contribution is 0.831. The number of hydrogen-bond donors (Lipinski definition) is 1. The lowest BCUT2D eigenvalue weighted by atomic mass is 10.1. The highest BCUT2D eigenvalue weighted by atomic mass is 32.1. The molecule has 1 atom stereocenters. The van der Waals surface area contributed by atoms with Gasteiger partial charge in [0.05, 0.1) is 6.04 Å². The van der Waals surface area contributed by atoms with Gasteiger partial charge in [-0.15, -0.1) is 10.2 Å². The van der Waals surface area contributed by atoms with Gasteiger partial charge in [0.2, 0.25) is 0 Å². The first-order valence-electron chi connectivity index (χ1n) is 6.45. The zero-order valence-corrected chi connectivity index (χ0v) is 12.0. The summed E-state index contributed by atoms with van der Waals surface area (Å²) in [6, 6.07) is 18.0. The standard InChI is InChI=1S/C16H15N3S/c1-11-6-5-9-13(10-11)15-18-19-16(20-15)14(17)12-7-3-2-4-8-12/h2-10,14H,17H2,1H3. The molecule has 0 aliphatic rings. The van der Waals surface area contributed by atoms with Gasteiger partial charge in [-0.1, -0.05) is 65.4 Å². The topological polar surface area (TPSA) is 51.8 Å². The molecule has 0 aliphatic carbocycles.